The second kappa shape index (κ2) is 4.65. The molecule has 0 saturated heterocycles. The van der Waals surface area contributed by atoms with Gasteiger partial charge in [-0.2, -0.15) is 0 Å². The summed E-state index contributed by atoms with van der Waals surface area (Å²) in [4.78, 5) is 15.5. The number of thiazole rings is 1. The van der Waals surface area contributed by atoms with Gasteiger partial charge in [0.15, 0.2) is 0 Å². The van der Waals surface area contributed by atoms with Crippen LogP contribution >= 0.6 is 11.3 Å². The third-order valence-electron chi connectivity index (χ3n) is 2.46. The van der Waals surface area contributed by atoms with Crippen LogP contribution in [0.25, 0.3) is 10.6 Å². The number of nitrogens with zero attached hydrogens (tertiary/aromatic N) is 1. The van der Waals surface area contributed by atoms with Gasteiger partial charge in [0.05, 0.1) is 5.69 Å². The average molecular weight is 248 g/mol. The van der Waals surface area contributed by atoms with Crippen LogP contribution < -0.4 is 5.73 Å². The number of aromatic carboxylic acids is 1. The summed E-state index contributed by atoms with van der Waals surface area (Å²) >= 11 is 1.17. The predicted octanol–water partition coefficient (Wildman–Crippen LogP) is 2.28. The van der Waals surface area contributed by atoms with E-state index >= 15 is 0 Å². The number of carboxylic acids is 1. The van der Waals surface area contributed by atoms with Gasteiger partial charge in [-0.05, 0) is 12.5 Å². The zero-order valence-corrected chi connectivity index (χ0v) is 10.1. The van der Waals surface area contributed by atoms with Crippen molar-refractivity contribution < 1.29 is 9.90 Å². The fourth-order valence-corrected chi connectivity index (χ4v) is 2.61. The number of aromatic nitrogens is 1. The number of nitrogens with two attached hydrogens (primary N) is 1. The van der Waals surface area contributed by atoms with Crippen LogP contribution in [0.4, 0.5) is 0 Å². The van der Waals surface area contributed by atoms with Crippen LogP contribution in [0.2, 0.25) is 0 Å². The van der Waals surface area contributed by atoms with E-state index in [2.05, 4.69) is 4.98 Å². The Bertz CT molecular complexity index is 563. The van der Waals surface area contributed by atoms with Gasteiger partial charge in [-0.3, -0.25) is 0 Å². The number of hydrogen-bond acceptors (Lipinski definition) is 4. The van der Waals surface area contributed by atoms with Crippen molar-refractivity contribution in [3.63, 3.8) is 0 Å². The smallest absolute Gasteiger partial charge is 0.347 e. The highest BCUT2D eigenvalue weighted by molar-refractivity contribution is 7.17. The molecule has 0 fully saturated rings. The SMILES string of the molecule is Cc1ccccc1-c1nc(CN)c(C(=O)O)s1. The maximum absolute atomic E-state index is 11.0. The molecule has 0 spiro atoms. The highest BCUT2D eigenvalue weighted by Crippen LogP contribution is 2.30. The molecular weight excluding hydrogens is 236 g/mol. The van der Waals surface area contributed by atoms with Crippen molar-refractivity contribution in [2.24, 2.45) is 5.73 Å². The third-order valence-corrected chi connectivity index (χ3v) is 3.58. The molecule has 1 aromatic heterocycles. The van der Waals surface area contributed by atoms with Crippen molar-refractivity contribution in [3.8, 4) is 10.6 Å². The van der Waals surface area contributed by atoms with Gasteiger partial charge >= 0.3 is 5.97 Å². The Balaban J connectivity index is 2.54. The maximum atomic E-state index is 11.0. The van der Waals surface area contributed by atoms with E-state index in [4.69, 9.17) is 10.8 Å². The first kappa shape index (κ1) is 11.8. The molecule has 0 aliphatic carbocycles. The first-order valence-electron chi connectivity index (χ1n) is 5.12. The van der Waals surface area contributed by atoms with Crippen LogP contribution in [0, 0.1) is 6.92 Å². The summed E-state index contributed by atoms with van der Waals surface area (Å²) in [5.41, 5.74) is 7.97. The lowest BCUT2D eigenvalue weighted by molar-refractivity contribution is 0.0700. The predicted molar refractivity (Wildman–Crippen MR) is 67.1 cm³/mol. The molecule has 88 valence electrons. The van der Waals surface area contributed by atoms with Gasteiger partial charge < -0.3 is 10.8 Å². The fraction of sp³-hybridized carbons (Fsp3) is 0.167. The first-order chi connectivity index (χ1) is 8.13. The van der Waals surface area contributed by atoms with Crippen LogP contribution in [-0.2, 0) is 6.54 Å². The Hall–Kier alpha value is -1.72. The Kier molecular flexibility index (Phi) is 3.21. The zero-order valence-electron chi connectivity index (χ0n) is 9.30. The van der Waals surface area contributed by atoms with Crippen LogP contribution in [0.5, 0.6) is 0 Å². The van der Waals surface area contributed by atoms with E-state index in [1.54, 1.807) is 0 Å². The average Bonchev–Trinajstić information content (AvgIpc) is 2.73. The molecule has 1 heterocycles. The van der Waals surface area contributed by atoms with Crippen LogP contribution in [0.15, 0.2) is 24.3 Å². The van der Waals surface area contributed by atoms with Crippen LogP contribution in [-0.4, -0.2) is 16.1 Å². The van der Waals surface area contributed by atoms with Gasteiger partial charge in [-0.25, -0.2) is 9.78 Å². The molecule has 0 atom stereocenters. The van der Waals surface area contributed by atoms with Crippen molar-refractivity contribution >= 4 is 17.3 Å². The van der Waals surface area contributed by atoms with Gasteiger partial charge in [0.2, 0.25) is 0 Å². The summed E-state index contributed by atoms with van der Waals surface area (Å²) in [6, 6.07) is 7.75. The zero-order chi connectivity index (χ0) is 12.4. The molecule has 0 saturated carbocycles. The topological polar surface area (TPSA) is 76.2 Å². The van der Waals surface area contributed by atoms with Crippen molar-refractivity contribution in [2.45, 2.75) is 13.5 Å². The Morgan fingerprint density at radius 1 is 1.47 bits per heavy atom. The van der Waals surface area contributed by atoms with Gasteiger partial charge in [0.1, 0.15) is 9.88 Å². The summed E-state index contributed by atoms with van der Waals surface area (Å²) in [7, 11) is 0. The summed E-state index contributed by atoms with van der Waals surface area (Å²) in [5, 5.41) is 9.75. The molecule has 0 radical (unpaired) electrons. The largest absolute Gasteiger partial charge is 0.477 e. The van der Waals surface area contributed by atoms with E-state index in [1.165, 1.54) is 11.3 Å². The van der Waals surface area contributed by atoms with Gasteiger partial charge in [0, 0.05) is 12.1 Å². The lowest BCUT2D eigenvalue weighted by atomic mass is 10.1. The number of hydrogen-bond donors (Lipinski definition) is 2. The highest BCUT2D eigenvalue weighted by atomic mass is 32.1. The van der Waals surface area contributed by atoms with E-state index in [9.17, 15) is 4.79 Å². The van der Waals surface area contributed by atoms with E-state index in [-0.39, 0.29) is 11.4 Å². The molecule has 0 amide bonds. The summed E-state index contributed by atoms with van der Waals surface area (Å²) < 4.78 is 0. The van der Waals surface area contributed by atoms with Crippen molar-refractivity contribution in [2.75, 3.05) is 0 Å². The molecular formula is C12H12N2O2S. The summed E-state index contributed by atoms with van der Waals surface area (Å²) in [6.45, 7) is 2.11. The number of benzene rings is 1. The highest BCUT2D eigenvalue weighted by Gasteiger charge is 2.17. The van der Waals surface area contributed by atoms with Crippen molar-refractivity contribution in [3.05, 3.63) is 40.4 Å². The number of aryl methyl sites for hydroxylation is 1. The maximum Gasteiger partial charge on any atom is 0.347 e. The Labute approximate surface area is 103 Å². The van der Waals surface area contributed by atoms with Crippen LogP contribution in [0.1, 0.15) is 20.9 Å². The molecule has 5 heteroatoms. The second-order valence-corrected chi connectivity index (χ2v) is 4.62. The minimum atomic E-state index is -0.970. The molecule has 0 unspecified atom stereocenters. The van der Waals surface area contributed by atoms with E-state index in [0.717, 1.165) is 11.1 Å². The van der Waals surface area contributed by atoms with Gasteiger partial charge in [-0.15, -0.1) is 11.3 Å². The van der Waals surface area contributed by atoms with Crippen molar-refractivity contribution in [1.29, 1.82) is 0 Å². The molecule has 4 nitrogen and oxygen atoms in total. The van der Waals surface area contributed by atoms with Crippen molar-refractivity contribution in [1.82, 2.24) is 4.98 Å². The quantitative estimate of drug-likeness (QED) is 0.873. The molecule has 17 heavy (non-hydrogen) atoms. The van der Waals surface area contributed by atoms with Gasteiger partial charge in [0.25, 0.3) is 0 Å². The van der Waals surface area contributed by atoms with E-state index < -0.39 is 5.97 Å². The molecule has 1 aromatic carbocycles. The lowest BCUT2D eigenvalue weighted by Crippen LogP contribution is -2.04. The molecule has 2 aromatic rings. The summed E-state index contributed by atoms with van der Waals surface area (Å²) in [6.07, 6.45) is 0. The molecule has 0 aliphatic heterocycles. The minimum Gasteiger partial charge on any atom is -0.477 e. The standard InChI is InChI=1S/C12H12N2O2S/c1-7-4-2-3-5-8(7)11-14-9(6-13)10(17-11)12(15)16/h2-5H,6,13H2,1H3,(H,15,16). The molecule has 3 N–H and O–H groups in total. The molecule has 2 rings (SSSR count). The molecule has 0 bridgehead atoms. The Morgan fingerprint density at radius 3 is 2.71 bits per heavy atom. The Morgan fingerprint density at radius 2 is 2.18 bits per heavy atom. The number of carboxylic acid groups (broad SMARTS) is 1. The summed E-state index contributed by atoms with van der Waals surface area (Å²) in [5.74, 6) is -0.970. The first-order valence-corrected chi connectivity index (χ1v) is 5.94. The minimum absolute atomic E-state index is 0.143. The second-order valence-electron chi connectivity index (χ2n) is 3.62. The van der Waals surface area contributed by atoms with E-state index in [1.807, 2.05) is 31.2 Å². The van der Waals surface area contributed by atoms with Crippen LogP contribution in [0.3, 0.4) is 0 Å². The van der Waals surface area contributed by atoms with E-state index in [0.29, 0.717) is 10.7 Å². The normalized spacial score (nSPS) is 10.5. The van der Waals surface area contributed by atoms with Gasteiger partial charge in [-0.1, -0.05) is 24.3 Å². The fourth-order valence-electron chi connectivity index (χ4n) is 1.59. The third kappa shape index (κ3) is 2.20. The molecule has 0 aliphatic rings. The number of carbonyl (C=O) groups is 1. The lowest BCUT2D eigenvalue weighted by Gasteiger charge is -1.99. The monoisotopic (exact) mass is 248 g/mol. The number of rotatable bonds is 3.